The highest BCUT2D eigenvalue weighted by Gasteiger charge is 2.15. The molecule has 0 unspecified atom stereocenters. The van der Waals surface area contributed by atoms with Crippen LogP contribution in [0, 0.1) is 0 Å². The summed E-state index contributed by atoms with van der Waals surface area (Å²) in [5, 5.41) is 12.7. The second-order valence-electron chi connectivity index (χ2n) is 8.99. The predicted octanol–water partition coefficient (Wildman–Crippen LogP) is 6.36. The zero-order chi connectivity index (χ0) is 25.2. The van der Waals surface area contributed by atoms with Crippen molar-refractivity contribution in [2.24, 2.45) is 0 Å². The lowest BCUT2D eigenvalue weighted by molar-refractivity contribution is -0.116. The third-order valence-electron chi connectivity index (χ3n) is 6.43. The van der Waals surface area contributed by atoms with Gasteiger partial charge in [-0.15, -0.1) is 0 Å². The molecule has 3 N–H and O–H groups in total. The van der Waals surface area contributed by atoms with E-state index in [0.717, 1.165) is 68.4 Å². The van der Waals surface area contributed by atoms with E-state index >= 15 is 0 Å². The number of amides is 1. The number of nitrogens with one attached hydrogen (secondary N) is 3. The molecule has 0 atom stereocenters. The molecule has 5 heterocycles. The summed E-state index contributed by atoms with van der Waals surface area (Å²) in [5.41, 5.74) is 8.15. The summed E-state index contributed by atoms with van der Waals surface area (Å²) >= 11 is 0. The van der Waals surface area contributed by atoms with Crippen molar-refractivity contribution in [1.82, 2.24) is 30.1 Å². The van der Waals surface area contributed by atoms with E-state index in [1.165, 1.54) is 0 Å². The van der Waals surface area contributed by atoms with Crippen LogP contribution < -0.4 is 5.32 Å². The molecule has 0 fully saturated rings. The average Bonchev–Trinajstić information content (AvgIpc) is 3.56. The van der Waals surface area contributed by atoms with Crippen molar-refractivity contribution in [2.75, 3.05) is 5.32 Å². The zero-order valence-corrected chi connectivity index (χ0v) is 20.3. The summed E-state index contributed by atoms with van der Waals surface area (Å²) in [6.45, 7) is 2.07. The van der Waals surface area contributed by atoms with E-state index < -0.39 is 0 Å². The van der Waals surface area contributed by atoms with Gasteiger partial charge in [-0.05, 0) is 54.4 Å². The highest BCUT2D eigenvalue weighted by atomic mass is 16.1. The van der Waals surface area contributed by atoms with E-state index in [4.69, 9.17) is 0 Å². The van der Waals surface area contributed by atoms with Crippen molar-refractivity contribution in [2.45, 2.75) is 26.2 Å². The molecule has 0 radical (unpaired) electrons. The summed E-state index contributed by atoms with van der Waals surface area (Å²) in [5.74, 6) is 0.00723. The number of H-pyrrole nitrogens is 2. The number of hydrogen-bond acceptors (Lipinski definition) is 5. The van der Waals surface area contributed by atoms with Gasteiger partial charge in [-0.2, -0.15) is 5.10 Å². The maximum Gasteiger partial charge on any atom is 0.224 e. The second kappa shape index (κ2) is 9.66. The zero-order valence-electron chi connectivity index (χ0n) is 20.3. The first kappa shape index (κ1) is 22.6. The molecule has 0 aliphatic heterocycles. The largest absolute Gasteiger partial charge is 0.353 e. The Morgan fingerprint density at radius 2 is 1.70 bits per heavy atom. The number of unbranched alkanes of at least 4 members (excludes halogenated alkanes) is 1. The van der Waals surface area contributed by atoms with Crippen LogP contribution in [-0.4, -0.2) is 36.0 Å². The monoisotopic (exact) mass is 487 g/mol. The van der Waals surface area contributed by atoms with Crippen LogP contribution in [0.25, 0.3) is 55.6 Å². The van der Waals surface area contributed by atoms with Gasteiger partial charge in [0.2, 0.25) is 5.91 Å². The molecule has 0 aliphatic carbocycles. The van der Waals surface area contributed by atoms with Crippen molar-refractivity contribution in [3.63, 3.8) is 0 Å². The molecule has 8 heteroatoms. The standard InChI is InChI=1S/C29H25N7O/c1-2-3-4-27(37)33-21-13-20(16-31-17-21)19-5-6-25-22(14-19)29(36-35-25)26-15-23-24(34-26)9-12-32-28(23)18-7-10-30-11-8-18/h5-17,34H,2-4H2,1H3,(H,33,37)(H,35,36). The lowest BCUT2D eigenvalue weighted by atomic mass is 10.0. The maximum absolute atomic E-state index is 12.2. The molecule has 0 saturated carbocycles. The summed E-state index contributed by atoms with van der Waals surface area (Å²) in [6, 6.07) is 16.1. The molecule has 0 bridgehead atoms. The minimum absolute atomic E-state index is 0.00723. The van der Waals surface area contributed by atoms with Crippen molar-refractivity contribution < 1.29 is 4.79 Å². The fourth-order valence-electron chi connectivity index (χ4n) is 4.55. The van der Waals surface area contributed by atoms with Gasteiger partial charge in [0.15, 0.2) is 0 Å². The summed E-state index contributed by atoms with van der Waals surface area (Å²) in [7, 11) is 0. The molecule has 1 aromatic carbocycles. The van der Waals surface area contributed by atoms with E-state index in [1.807, 2.05) is 36.4 Å². The Balaban J connectivity index is 1.37. The molecule has 182 valence electrons. The van der Waals surface area contributed by atoms with Gasteiger partial charge in [-0.25, -0.2) is 0 Å². The van der Waals surface area contributed by atoms with Gasteiger partial charge in [0.1, 0.15) is 5.69 Å². The van der Waals surface area contributed by atoms with Crippen LogP contribution in [0.5, 0.6) is 0 Å². The van der Waals surface area contributed by atoms with Crippen molar-refractivity contribution >= 4 is 33.4 Å². The molecular weight excluding hydrogens is 462 g/mol. The molecule has 6 rings (SSSR count). The molecular formula is C29H25N7O. The number of rotatable bonds is 7. The lowest BCUT2D eigenvalue weighted by Gasteiger charge is -2.07. The molecule has 0 aliphatic rings. The van der Waals surface area contributed by atoms with Crippen LogP contribution in [-0.2, 0) is 4.79 Å². The number of carbonyl (C=O) groups excluding carboxylic acids is 1. The number of anilines is 1. The number of nitrogens with zero attached hydrogens (tertiary/aromatic N) is 4. The van der Waals surface area contributed by atoms with Crippen molar-refractivity contribution in [3.05, 3.63) is 79.5 Å². The van der Waals surface area contributed by atoms with Gasteiger partial charge in [-0.3, -0.25) is 24.8 Å². The van der Waals surface area contributed by atoms with Crippen molar-refractivity contribution in [1.29, 1.82) is 0 Å². The quantitative estimate of drug-likeness (QED) is 0.243. The third-order valence-corrected chi connectivity index (χ3v) is 6.43. The van der Waals surface area contributed by atoms with Gasteiger partial charge in [0.05, 0.1) is 28.8 Å². The predicted molar refractivity (Wildman–Crippen MR) is 146 cm³/mol. The number of pyridine rings is 3. The van der Waals surface area contributed by atoms with E-state index in [1.54, 1.807) is 31.0 Å². The minimum atomic E-state index is 0.00723. The Kier molecular flexibility index (Phi) is 5.90. The highest BCUT2D eigenvalue weighted by molar-refractivity contribution is 6.01. The Morgan fingerprint density at radius 3 is 2.57 bits per heavy atom. The Morgan fingerprint density at radius 1 is 0.838 bits per heavy atom. The van der Waals surface area contributed by atoms with Gasteiger partial charge in [0.25, 0.3) is 0 Å². The first-order valence-electron chi connectivity index (χ1n) is 12.3. The number of aromatic amines is 2. The molecule has 1 amide bonds. The smallest absolute Gasteiger partial charge is 0.224 e. The number of fused-ring (bicyclic) bond motifs is 2. The number of aromatic nitrogens is 6. The Bertz CT molecular complexity index is 1720. The SMILES string of the molecule is CCCCC(=O)Nc1cncc(-c2ccc3[nH]nc(-c4cc5c(-c6ccncc6)nccc5[nH]4)c3c2)c1. The second-order valence-corrected chi connectivity index (χ2v) is 8.99. The lowest BCUT2D eigenvalue weighted by Crippen LogP contribution is -2.11. The van der Waals surface area contributed by atoms with E-state index in [9.17, 15) is 4.79 Å². The fourth-order valence-corrected chi connectivity index (χ4v) is 4.55. The van der Waals surface area contributed by atoms with Gasteiger partial charge < -0.3 is 10.3 Å². The number of benzene rings is 1. The Labute approximate surface area is 213 Å². The summed E-state index contributed by atoms with van der Waals surface area (Å²) in [4.78, 5) is 28.8. The average molecular weight is 488 g/mol. The molecule has 5 aromatic heterocycles. The van der Waals surface area contributed by atoms with Gasteiger partial charge >= 0.3 is 0 Å². The maximum atomic E-state index is 12.2. The van der Waals surface area contributed by atoms with Gasteiger partial charge in [0, 0.05) is 58.6 Å². The van der Waals surface area contributed by atoms with Crippen LogP contribution in [0.15, 0.2) is 79.5 Å². The van der Waals surface area contributed by atoms with Crippen LogP contribution in [0.1, 0.15) is 26.2 Å². The van der Waals surface area contributed by atoms with Crippen LogP contribution in [0.4, 0.5) is 5.69 Å². The normalized spacial score (nSPS) is 11.3. The first-order valence-corrected chi connectivity index (χ1v) is 12.3. The third kappa shape index (κ3) is 4.45. The first-order chi connectivity index (χ1) is 18.2. The molecule has 6 aromatic rings. The fraction of sp³-hybridized carbons (Fsp3) is 0.138. The van der Waals surface area contributed by atoms with Crippen LogP contribution in [0.3, 0.4) is 0 Å². The molecule has 0 saturated heterocycles. The van der Waals surface area contributed by atoms with Crippen molar-refractivity contribution in [3.8, 4) is 33.8 Å². The van der Waals surface area contributed by atoms with Crippen LogP contribution >= 0.6 is 0 Å². The minimum Gasteiger partial charge on any atom is -0.353 e. The Hall–Kier alpha value is -4.85. The molecule has 8 nitrogen and oxygen atoms in total. The summed E-state index contributed by atoms with van der Waals surface area (Å²) in [6.07, 6.45) is 11.2. The number of carbonyl (C=O) groups is 1. The summed E-state index contributed by atoms with van der Waals surface area (Å²) < 4.78 is 0. The molecule has 37 heavy (non-hydrogen) atoms. The topological polar surface area (TPSA) is 112 Å². The van der Waals surface area contributed by atoms with E-state index in [-0.39, 0.29) is 5.91 Å². The highest BCUT2D eigenvalue weighted by Crippen LogP contribution is 2.34. The van der Waals surface area contributed by atoms with Crippen LogP contribution in [0.2, 0.25) is 0 Å². The number of hydrogen-bond donors (Lipinski definition) is 3. The molecule has 0 spiro atoms. The van der Waals surface area contributed by atoms with E-state index in [2.05, 4.69) is 54.5 Å². The van der Waals surface area contributed by atoms with Gasteiger partial charge in [-0.1, -0.05) is 19.4 Å². The van der Waals surface area contributed by atoms with E-state index in [0.29, 0.717) is 12.1 Å².